The Kier molecular flexibility index (Phi) is 6.99. The zero-order valence-electron chi connectivity index (χ0n) is 11.4. The number of hydrogen-bond acceptors (Lipinski definition) is 3. The Morgan fingerprint density at radius 2 is 1.95 bits per heavy atom. The molecule has 0 aliphatic rings. The molecule has 1 rings (SSSR count). The predicted octanol–water partition coefficient (Wildman–Crippen LogP) is 2.21. The molecule has 0 aliphatic carbocycles. The Balaban J connectivity index is 2.56. The SMILES string of the molecule is CNCCCCS(=O)(=O)N(C)Cc1ccccc1Br. The summed E-state index contributed by atoms with van der Waals surface area (Å²) in [5, 5.41) is 3.02. The van der Waals surface area contributed by atoms with Gasteiger partial charge in [0.2, 0.25) is 10.0 Å². The second-order valence-corrected chi connectivity index (χ2v) is 7.52. The Morgan fingerprint density at radius 1 is 1.26 bits per heavy atom. The van der Waals surface area contributed by atoms with Gasteiger partial charge in [-0.25, -0.2) is 12.7 Å². The first-order chi connectivity index (χ1) is 8.97. The topological polar surface area (TPSA) is 49.4 Å². The lowest BCUT2D eigenvalue weighted by Gasteiger charge is -2.18. The molecular weight excluding hydrogens is 328 g/mol. The summed E-state index contributed by atoms with van der Waals surface area (Å²) in [6.07, 6.45) is 1.56. The molecule has 0 atom stereocenters. The van der Waals surface area contributed by atoms with Gasteiger partial charge in [-0.2, -0.15) is 0 Å². The maximum Gasteiger partial charge on any atom is 0.214 e. The summed E-state index contributed by atoms with van der Waals surface area (Å²) in [7, 11) is 0.329. The van der Waals surface area contributed by atoms with Gasteiger partial charge in [0.25, 0.3) is 0 Å². The molecule has 0 spiro atoms. The van der Waals surface area contributed by atoms with Gasteiger partial charge in [-0.15, -0.1) is 0 Å². The quantitative estimate of drug-likeness (QED) is 0.732. The fourth-order valence-electron chi connectivity index (χ4n) is 1.71. The van der Waals surface area contributed by atoms with Crippen LogP contribution in [0.2, 0.25) is 0 Å². The van der Waals surface area contributed by atoms with Crippen LogP contribution >= 0.6 is 15.9 Å². The summed E-state index contributed by atoms with van der Waals surface area (Å²) in [4.78, 5) is 0. The van der Waals surface area contributed by atoms with E-state index in [4.69, 9.17) is 0 Å². The molecule has 0 heterocycles. The molecule has 0 unspecified atom stereocenters. The molecule has 0 aliphatic heterocycles. The van der Waals surface area contributed by atoms with Crippen LogP contribution in [0, 0.1) is 0 Å². The maximum atomic E-state index is 12.1. The zero-order chi connectivity index (χ0) is 14.3. The van der Waals surface area contributed by atoms with Crippen LogP contribution in [0.25, 0.3) is 0 Å². The average molecular weight is 349 g/mol. The minimum absolute atomic E-state index is 0.204. The van der Waals surface area contributed by atoms with Crippen molar-refractivity contribution in [3.63, 3.8) is 0 Å². The molecule has 108 valence electrons. The summed E-state index contributed by atoms with van der Waals surface area (Å²) < 4.78 is 26.6. The fraction of sp³-hybridized carbons (Fsp3) is 0.538. The van der Waals surface area contributed by atoms with Gasteiger partial charge in [0, 0.05) is 18.1 Å². The van der Waals surface area contributed by atoms with Crippen molar-refractivity contribution >= 4 is 26.0 Å². The van der Waals surface area contributed by atoms with E-state index in [2.05, 4.69) is 21.2 Å². The van der Waals surface area contributed by atoms with Crippen molar-refractivity contribution in [3.8, 4) is 0 Å². The van der Waals surface area contributed by atoms with Crippen LogP contribution < -0.4 is 5.32 Å². The van der Waals surface area contributed by atoms with E-state index in [1.807, 2.05) is 31.3 Å². The number of nitrogens with zero attached hydrogens (tertiary/aromatic N) is 1. The third kappa shape index (κ3) is 5.60. The molecule has 0 radical (unpaired) electrons. The monoisotopic (exact) mass is 348 g/mol. The van der Waals surface area contributed by atoms with Gasteiger partial charge >= 0.3 is 0 Å². The molecule has 1 aromatic rings. The van der Waals surface area contributed by atoms with Gasteiger partial charge < -0.3 is 5.32 Å². The van der Waals surface area contributed by atoms with Crippen LogP contribution in [0.15, 0.2) is 28.7 Å². The summed E-state index contributed by atoms with van der Waals surface area (Å²) >= 11 is 3.43. The van der Waals surface area contributed by atoms with E-state index in [-0.39, 0.29) is 5.75 Å². The predicted molar refractivity (Wildman–Crippen MR) is 82.6 cm³/mol. The first-order valence-electron chi connectivity index (χ1n) is 6.29. The van der Waals surface area contributed by atoms with Gasteiger partial charge in [0.15, 0.2) is 0 Å². The van der Waals surface area contributed by atoms with Gasteiger partial charge in [-0.1, -0.05) is 34.1 Å². The number of halogens is 1. The molecule has 6 heteroatoms. The third-order valence-electron chi connectivity index (χ3n) is 2.90. The third-order valence-corrected chi connectivity index (χ3v) is 5.56. The molecule has 1 N–H and O–H groups in total. The summed E-state index contributed by atoms with van der Waals surface area (Å²) in [5.41, 5.74) is 0.976. The molecule has 19 heavy (non-hydrogen) atoms. The largest absolute Gasteiger partial charge is 0.320 e. The molecular formula is C13H21BrN2O2S. The summed E-state index contributed by atoms with van der Waals surface area (Å²) in [6, 6.07) is 7.67. The number of nitrogens with one attached hydrogen (secondary N) is 1. The highest BCUT2D eigenvalue weighted by molar-refractivity contribution is 9.10. The highest BCUT2D eigenvalue weighted by atomic mass is 79.9. The molecule has 1 aromatic carbocycles. The molecule has 0 bridgehead atoms. The number of rotatable bonds is 8. The van der Waals surface area contributed by atoms with Gasteiger partial charge in [-0.05, 0) is 38.1 Å². The van der Waals surface area contributed by atoms with E-state index in [1.54, 1.807) is 7.05 Å². The van der Waals surface area contributed by atoms with Crippen LogP contribution in [-0.2, 0) is 16.6 Å². The van der Waals surface area contributed by atoms with Crippen molar-refractivity contribution in [1.29, 1.82) is 0 Å². The van der Waals surface area contributed by atoms with E-state index in [0.717, 1.165) is 23.0 Å². The van der Waals surface area contributed by atoms with Crippen molar-refractivity contribution in [2.75, 3.05) is 26.4 Å². The second kappa shape index (κ2) is 7.99. The van der Waals surface area contributed by atoms with Crippen LogP contribution in [0.5, 0.6) is 0 Å². The number of sulfonamides is 1. The summed E-state index contributed by atoms with van der Waals surface area (Å²) in [5.74, 6) is 0.204. The van der Waals surface area contributed by atoms with Gasteiger partial charge in [0.1, 0.15) is 0 Å². The van der Waals surface area contributed by atoms with Crippen molar-refractivity contribution in [3.05, 3.63) is 34.3 Å². The van der Waals surface area contributed by atoms with Crippen molar-refractivity contribution in [1.82, 2.24) is 9.62 Å². The average Bonchev–Trinajstić information content (AvgIpc) is 2.37. The standard InChI is InChI=1S/C13H21BrN2O2S/c1-15-9-5-6-10-19(17,18)16(2)11-12-7-3-4-8-13(12)14/h3-4,7-8,15H,5-6,9-11H2,1-2H3. The van der Waals surface area contributed by atoms with E-state index in [9.17, 15) is 8.42 Å². The minimum Gasteiger partial charge on any atom is -0.320 e. The maximum absolute atomic E-state index is 12.1. The first kappa shape index (κ1) is 16.6. The molecule has 0 saturated carbocycles. The van der Waals surface area contributed by atoms with E-state index >= 15 is 0 Å². The number of hydrogen-bond donors (Lipinski definition) is 1. The summed E-state index contributed by atoms with van der Waals surface area (Å²) in [6.45, 7) is 1.25. The van der Waals surface area contributed by atoms with Crippen LogP contribution in [-0.4, -0.2) is 39.1 Å². The molecule has 0 amide bonds. The Bertz CT molecular complexity index is 491. The molecule has 0 saturated heterocycles. The smallest absolute Gasteiger partial charge is 0.214 e. The zero-order valence-corrected chi connectivity index (χ0v) is 13.8. The lowest BCUT2D eigenvalue weighted by atomic mass is 10.2. The van der Waals surface area contributed by atoms with Gasteiger partial charge in [0.05, 0.1) is 5.75 Å². The highest BCUT2D eigenvalue weighted by Gasteiger charge is 2.18. The van der Waals surface area contributed by atoms with Crippen LogP contribution in [0.3, 0.4) is 0 Å². The molecule has 4 nitrogen and oxygen atoms in total. The van der Waals surface area contributed by atoms with Crippen LogP contribution in [0.4, 0.5) is 0 Å². The van der Waals surface area contributed by atoms with Crippen molar-refractivity contribution in [2.24, 2.45) is 0 Å². The van der Waals surface area contributed by atoms with E-state index in [1.165, 1.54) is 4.31 Å². The Morgan fingerprint density at radius 3 is 2.58 bits per heavy atom. The number of benzene rings is 1. The lowest BCUT2D eigenvalue weighted by Crippen LogP contribution is -2.29. The minimum atomic E-state index is -3.17. The van der Waals surface area contributed by atoms with E-state index < -0.39 is 10.0 Å². The fourth-order valence-corrected chi connectivity index (χ4v) is 3.33. The molecule has 0 fully saturated rings. The second-order valence-electron chi connectivity index (χ2n) is 4.47. The van der Waals surface area contributed by atoms with Gasteiger partial charge in [-0.3, -0.25) is 0 Å². The normalized spacial score (nSPS) is 12.0. The lowest BCUT2D eigenvalue weighted by molar-refractivity contribution is 0.463. The van der Waals surface area contributed by atoms with Crippen molar-refractivity contribution in [2.45, 2.75) is 19.4 Å². The van der Waals surface area contributed by atoms with Crippen LogP contribution in [0.1, 0.15) is 18.4 Å². The Labute approximate surface area is 124 Å². The highest BCUT2D eigenvalue weighted by Crippen LogP contribution is 2.18. The van der Waals surface area contributed by atoms with E-state index in [0.29, 0.717) is 13.0 Å². The number of unbranched alkanes of at least 4 members (excludes halogenated alkanes) is 1. The van der Waals surface area contributed by atoms with Crippen molar-refractivity contribution < 1.29 is 8.42 Å². The molecule has 0 aromatic heterocycles. The first-order valence-corrected chi connectivity index (χ1v) is 8.69. The Hall–Kier alpha value is -0.430.